The molecular weight excluding hydrogens is 264 g/mol. The van der Waals surface area contributed by atoms with Crippen LogP contribution in [0.4, 0.5) is 0 Å². The fraction of sp³-hybridized carbons (Fsp3) is 0.200. The lowest BCUT2D eigenvalue weighted by Crippen LogP contribution is -2.10. The Morgan fingerprint density at radius 1 is 1.17 bits per heavy atom. The van der Waals surface area contributed by atoms with Gasteiger partial charge in [-0.2, -0.15) is 0 Å². The molecule has 1 unspecified atom stereocenters. The summed E-state index contributed by atoms with van der Waals surface area (Å²) in [5, 5.41) is 8.47. The van der Waals surface area contributed by atoms with Crippen LogP contribution < -0.4 is 0 Å². The number of rotatable bonds is 5. The number of aliphatic hydroxyl groups is 1. The van der Waals surface area contributed by atoms with Crippen molar-refractivity contribution >= 4 is 23.3 Å². The molecule has 0 saturated heterocycles. The standard InChI is InChI=1S/C10H10O7S/c11-5-6-16-9(12)7-1-3-8(4-2-7)10(13)17-18(14)15/h1-4,11H,5-6H2,(H,14,15)/p-1. The summed E-state index contributed by atoms with van der Waals surface area (Å²) in [6.07, 6.45) is 0. The van der Waals surface area contributed by atoms with E-state index in [1.165, 1.54) is 24.3 Å². The van der Waals surface area contributed by atoms with Crippen molar-refractivity contribution in [2.24, 2.45) is 0 Å². The molecular formula is C10H9O7S-. The zero-order chi connectivity index (χ0) is 13.5. The van der Waals surface area contributed by atoms with E-state index in [0.717, 1.165) is 0 Å². The molecule has 18 heavy (non-hydrogen) atoms. The molecule has 98 valence electrons. The topological polar surface area (TPSA) is 113 Å². The van der Waals surface area contributed by atoms with E-state index in [1.54, 1.807) is 0 Å². The number of hydrogen-bond acceptors (Lipinski definition) is 7. The van der Waals surface area contributed by atoms with E-state index in [2.05, 4.69) is 8.92 Å². The molecule has 0 spiro atoms. The molecule has 0 fully saturated rings. The van der Waals surface area contributed by atoms with Crippen LogP contribution in [0, 0.1) is 0 Å². The highest BCUT2D eigenvalue weighted by Gasteiger charge is 2.10. The fourth-order valence-corrected chi connectivity index (χ4v) is 1.29. The van der Waals surface area contributed by atoms with E-state index >= 15 is 0 Å². The quantitative estimate of drug-likeness (QED) is 0.583. The van der Waals surface area contributed by atoms with Crippen molar-refractivity contribution in [3.8, 4) is 0 Å². The van der Waals surface area contributed by atoms with Gasteiger partial charge in [0.1, 0.15) is 18.0 Å². The van der Waals surface area contributed by atoms with Crippen LogP contribution >= 0.6 is 0 Å². The third kappa shape index (κ3) is 4.24. The van der Waals surface area contributed by atoms with Crippen LogP contribution in [-0.4, -0.2) is 39.0 Å². The van der Waals surface area contributed by atoms with Gasteiger partial charge in [-0.25, -0.2) is 13.8 Å². The third-order valence-electron chi connectivity index (χ3n) is 1.82. The summed E-state index contributed by atoms with van der Waals surface area (Å²) in [4.78, 5) is 22.5. The first-order valence-corrected chi connectivity index (χ1v) is 5.74. The molecule has 1 aromatic carbocycles. The van der Waals surface area contributed by atoms with Crippen LogP contribution in [0.5, 0.6) is 0 Å². The van der Waals surface area contributed by atoms with Gasteiger partial charge in [0.25, 0.3) is 0 Å². The Bertz CT molecular complexity index is 454. The van der Waals surface area contributed by atoms with E-state index in [4.69, 9.17) is 5.11 Å². The van der Waals surface area contributed by atoms with Gasteiger partial charge in [0.2, 0.25) is 0 Å². The minimum Gasteiger partial charge on any atom is -0.740 e. The van der Waals surface area contributed by atoms with Crippen LogP contribution in [0.15, 0.2) is 24.3 Å². The third-order valence-corrected chi connectivity index (χ3v) is 2.11. The largest absolute Gasteiger partial charge is 0.740 e. The van der Waals surface area contributed by atoms with E-state index < -0.39 is 23.3 Å². The van der Waals surface area contributed by atoms with Crippen LogP contribution in [0.25, 0.3) is 0 Å². The number of benzene rings is 1. The van der Waals surface area contributed by atoms with Crippen LogP contribution in [0.2, 0.25) is 0 Å². The summed E-state index contributed by atoms with van der Waals surface area (Å²) in [5.41, 5.74) is 0.154. The summed E-state index contributed by atoms with van der Waals surface area (Å²) in [5.74, 6) is -1.70. The van der Waals surface area contributed by atoms with Gasteiger partial charge in [-0.15, -0.1) is 0 Å². The monoisotopic (exact) mass is 273 g/mol. The molecule has 1 atom stereocenters. The molecule has 7 nitrogen and oxygen atoms in total. The molecule has 0 heterocycles. The Balaban J connectivity index is 2.70. The molecule has 0 bridgehead atoms. The number of carbonyl (C=O) groups is 2. The number of aliphatic hydroxyl groups excluding tert-OH is 1. The van der Waals surface area contributed by atoms with Gasteiger partial charge in [0.05, 0.1) is 17.7 Å². The summed E-state index contributed by atoms with van der Waals surface area (Å²) in [6.45, 7) is -0.413. The maximum atomic E-state index is 11.3. The Morgan fingerprint density at radius 2 is 1.67 bits per heavy atom. The second kappa shape index (κ2) is 6.84. The fourth-order valence-electron chi connectivity index (χ4n) is 1.07. The highest BCUT2D eigenvalue weighted by atomic mass is 32.2. The van der Waals surface area contributed by atoms with E-state index in [0.29, 0.717) is 0 Å². The van der Waals surface area contributed by atoms with Crippen molar-refractivity contribution < 1.29 is 32.4 Å². The first-order chi connectivity index (χ1) is 8.54. The first-order valence-electron chi connectivity index (χ1n) is 4.74. The van der Waals surface area contributed by atoms with Gasteiger partial charge in [-0.1, -0.05) is 0 Å². The van der Waals surface area contributed by atoms with Crippen molar-refractivity contribution in [3.63, 3.8) is 0 Å². The summed E-state index contributed by atoms with van der Waals surface area (Å²) < 4.78 is 28.8. The first kappa shape index (κ1) is 14.3. The summed E-state index contributed by atoms with van der Waals surface area (Å²) in [6, 6.07) is 5.02. The SMILES string of the molecule is O=C(OCCO)c1ccc(C(=O)OS(=O)[O-])cc1. The smallest absolute Gasteiger partial charge is 0.351 e. The normalized spacial score (nSPS) is 11.7. The predicted octanol–water partition coefficient (Wildman–Crippen LogP) is -0.213. The summed E-state index contributed by atoms with van der Waals surface area (Å²) >= 11 is -2.93. The lowest BCUT2D eigenvalue weighted by atomic mass is 10.1. The average Bonchev–Trinajstić information content (AvgIpc) is 2.35. The molecule has 1 aromatic rings. The van der Waals surface area contributed by atoms with Crippen molar-refractivity contribution in [2.75, 3.05) is 13.2 Å². The van der Waals surface area contributed by atoms with E-state index in [1.807, 2.05) is 0 Å². The van der Waals surface area contributed by atoms with Crippen LogP contribution in [0.1, 0.15) is 20.7 Å². The van der Waals surface area contributed by atoms with Gasteiger partial charge in [-0.05, 0) is 24.3 Å². The molecule has 8 heteroatoms. The Hall–Kier alpha value is -1.77. The molecule has 0 aliphatic rings. The van der Waals surface area contributed by atoms with Crippen LogP contribution in [0.3, 0.4) is 0 Å². The molecule has 1 N–H and O–H groups in total. The lowest BCUT2D eigenvalue weighted by molar-refractivity contribution is 0.0433. The van der Waals surface area contributed by atoms with Gasteiger partial charge in [-0.3, -0.25) is 0 Å². The molecule has 0 saturated carbocycles. The minimum atomic E-state index is -2.93. The highest BCUT2D eigenvalue weighted by molar-refractivity contribution is 7.74. The van der Waals surface area contributed by atoms with E-state index in [9.17, 15) is 18.4 Å². The molecule has 0 radical (unpaired) electrons. The van der Waals surface area contributed by atoms with Crippen molar-refractivity contribution in [2.45, 2.75) is 0 Å². The molecule has 0 aromatic heterocycles. The van der Waals surface area contributed by atoms with Crippen molar-refractivity contribution in [1.29, 1.82) is 0 Å². The molecule has 0 aliphatic heterocycles. The number of hydrogen-bond donors (Lipinski definition) is 1. The predicted molar refractivity (Wildman–Crippen MR) is 58.1 cm³/mol. The maximum absolute atomic E-state index is 11.3. The molecule has 0 amide bonds. The lowest BCUT2D eigenvalue weighted by Gasteiger charge is -2.06. The zero-order valence-corrected chi connectivity index (χ0v) is 9.85. The van der Waals surface area contributed by atoms with Gasteiger partial charge < -0.3 is 18.6 Å². The number of carbonyl (C=O) groups excluding carboxylic acids is 2. The van der Waals surface area contributed by atoms with Crippen molar-refractivity contribution in [3.05, 3.63) is 35.4 Å². The Labute approximate surface area is 105 Å². The summed E-state index contributed by atoms with van der Waals surface area (Å²) in [7, 11) is 0. The average molecular weight is 273 g/mol. The van der Waals surface area contributed by atoms with Crippen molar-refractivity contribution in [1.82, 2.24) is 0 Å². The van der Waals surface area contributed by atoms with E-state index in [-0.39, 0.29) is 24.3 Å². The maximum Gasteiger partial charge on any atom is 0.351 e. The minimum absolute atomic E-state index is 0.0158. The number of ether oxygens (including phenoxy) is 1. The highest BCUT2D eigenvalue weighted by Crippen LogP contribution is 2.07. The van der Waals surface area contributed by atoms with Gasteiger partial charge >= 0.3 is 11.9 Å². The zero-order valence-electron chi connectivity index (χ0n) is 9.03. The second-order valence-electron chi connectivity index (χ2n) is 3.01. The van der Waals surface area contributed by atoms with Gasteiger partial charge in [0, 0.05) is 0 Å². The van der Waals surface area contributed by atoms with Gasteiger partial charge in [0.15, 0.2) is 0 Å². The second-order valence-corrected chi connectivity index (χ2v) is 3.59. The Kier molecular flexibility index (Phi) is 5.43. The Morgan fingerprint density at radius 3 is 2.11 bits per heavy atom. The number of esters is 1. The van der Waals surface area contributed by atoms with Crippen LogP contribution in [-0.2, 0) is 20.3 Å². The molecule has 0 aliphatic carbocycles. The molecule has 1 rings (SSSR count).